The average molecular weight is 237 g/mol. The van der Waals surface area contributed by atoms with E-state index in [1.165, 1.54) is 19.2 Å². The maximum Gasteiger partial charge on any atom is 0.341 e. The second-order valence-electron chi connectivity index (χ2n) is 2.72. The van der Waals surface area contributed by atoms with Gasteiger partial charge in [0.15, 0.2) is 0 Å². The lowest BCUT2D eigenvalue weighted by atomic mass is 10.3. The Labute approximate surface area is 85.6 Å². The Balaban J connectivity index is 3.38. The number of methoxy groups -OCH3 is 1. The Morgan fingerprint density at radius 3 is 2.47 bits per heavy atom. The topological polar surface area (TPSA) is 69.4 Å². The number of alkyl halides is 2. The number of sulfone groups is 1. The number of ether oxygens (including phenoxy) is 1. The van der Waals surface area contributed by atoms with Gasteiger partial charge in [-0.15, -0.1) is 0 Å². The van der Waals surface area contributed by atoms with Gasteiger partial charge < -0.3 is 10.5 Å². The van der Waals surface area contributed by atoms with Gasteiger partial charge in [0.1, 0.15) is 10.6 Å². The van der Waals surface area contributed by atoms with Crippen molar-refractivity contribution in [1.29, 1.82) is 0 Å². The van der Waals surface area contributed by atoms with Gasteiger partial charge in [-0.3, -0.25) is 0 Å². The molecule has 0 saturated carbocycles. The Bertz CT molecular complexity index is 459. The van der Waals surface area contributed by atoms with E-state index >= 15 is 0 Å². The molecule has 0 aromatic heterocycles. The molecule has 0 radical (unpaired) electrons. The largest absolute Gasteiger partial charge is 0.495 e. The number of benzene rings is 1. The number of hydrogen-bond donors (Lipinski definition) is 1. The monoisotopic (exact) mass is 237 g/mol. The molecule has 0 fully saturated rings. The Hall–Kier alpha value is -1.37. The molecule has 0 spiro atoms. The second kappa shape index (κ2) is 4.01. The van der Waals surface area contributed by atoms with Gasteiger partial charge in [-0.25, -0.2) is 8.42 Å². The van der Waals surface area contributed by atoms with Gasteiger partial charge in [-0.1, -0.05) is 0 Å². The zero-order valence-electron chi connectivity index (χ0n) is 7.78. The Morgan fingerprint density at radius 2 is 2.00 bits per heavy atom. The second-order valence-corrected chi connectivity index (χ2v) is 4.60. The summed E-state index contributed by atoms with van der Waals surface area (Å²) in [7, 11) is -3.47. The smallest absolute Gasteiger partial charge is 0.341 e. The molecule has 7 heteroatoms. The molecule has 4 nitrogen and oxygen atoms in total. The highest BCUT2D eigenvalue weighted by Crippen LogP contribution is 2.29. The molecule has 1 aromatic carbocycles. The first kappa shape index (κ1) is 11.7. The summed E-state index contributed by atoms with van der Waals surface area (Å²) in [5.41, 5.74) is 5.60. The van der Waals surface area contributed by atoms with E-state index in [1.54, 1.807) is 0 Å². The number of halogens is 2. The molecule has 0 saturated heterocycles. The number of rotatable bonds is 3. The molecular formula is C8H9F2NO3S. The number of anilines is 1. The van der Waals surface area contributed by atoms with Gasteiger partial charge in [-0.05, 0) is 12.1 Å². The van der Waals surface area contributed by atoms with E-state index < -0.39 is 20.5 Å². The van der Waals surface area contributed by atoms with Crippen molar-refractivity contribution in [3.8, 4) is 5.75 Å². The molecule has 0 aliphatic rings. The SMILES string of the molecule is COc1cc(N)ccc1S(=O)(=O)C(F)F. The third-order valence-electron chi connectivity index (χ3n) is 1.73. The average Bonchev–Trinajstić information content (AvgIpc) is 2.16. The zero-order valence-corrected chi connectivity index (χ0v) is 8.59. The Kier molecular flexibility index (Phi) is 3.13. The first-order valence-corrected chi connectivity index (χ1v) is 5.39. The summed E-state index contributed by atoms with van der Waals surface area (Å²) in [6.45, 7) is 0. The predicted molar refractivity (Wildman–Crippen MR) is 50.6 cm³/mol. The lowest BCUT2D eigenvalue weighted by molar-refractivity contribution is 0.234. The molecule has 0 unspecified atom stereocenters. The van der Waals surface area contributed by atoms with E-state index in [0.717, 1.165) is 6.07 Å². The fourth-order valence-electron chi connectivity index (χ4n) is 1.02. The molecule has 0 bridgehead atoms. The molecule has 0 atom stereocenters. The Morgan fingerprint density at radius 1 is 1.40 bits per heavy atom. The van der Waals surface area contributed by atoms with Gasteiger partial charge in [-0.2, -0.15) is 8.78 Å². The summed E-state index contributed by atoms with van der Waals surface area (Å²) in [5.74, 6) is -3.66. The van der Waals surface area contributed by atoms with Crippen molar-refractivity contribution in [3.63, 3.8) is 0 Å². The third kappa shape index (κ3) is 2.17. The van der Waals surface area contributed by atoms with Gasteiger partial charge in [0.2, 0.25) is 9.84 Å². The minimum atomic E-state index is -4.65. The van der Waals surface area contributed by atoms with E-state index in [4.69, 9.17) is 5.73 Å². The van der Waals surface area contributed by atoms with Crippen molar-refractivity contribution in [3.05, 3.63) is 18.2 Å². The fraction of sp³-hybridized carbons (Fsp3) is 0.250. The van der Waals surface area contributed by atoms with Crippen LogP contribution in [-0.4, -0.2) is 21.3 Å². The van der Waals surface area contributed by atoms with Crippen LogP contribution in [0.5, 0.6) is 5.75 Å². The lowest BCUT2D eigenvalue weighted by Crippen LogP contribution is -2.12. The van der Waals surface area contributed by atoms with Gasteiger partial charge in [0.05, 0.1) is 7.11 Å². The van der Waals surface area contributed by atoms with Crippen molar-refractivity contribution < 1.29 is 21.9 Å². The van der Waals surface area contributed by atoms with E-state index in [2.05, 4.69) is 4.74 Å². The first-order chi connectivity index (χ1) is 6.89. The minimum absolute atomic E-state index is 0.185. The highest BCUT2D eigenvalue weighted by Gasteiger charge is 2.29. The van der Waals surface area contributed by atoms with E-state index in [1.807, 2.05) is 0 Å². The molecule has 1 aromatic rings. The van der Waals surface area contributed by atoms with Crippen molar-refractivity contribution in [2.75, 3.05) is 12.8 Å². The van der Waals surface area contributed by atoms with Crippen molar-refractivity contribution in [2.45, 2.75) is 10.7 Å². The van der Waals surface area contributed by atoms with Crippen LogP contribution in [0, 0.1) is 0 Å². The fourth-order valence-corrected chi connectivity index (χ4v) is 1.89. The standard InChI is InChI=1S/C8H9F2NO3S/c1-14-6-4-5(11)2-3-7(6)15(12,13)8(9)10/h2-4,8H,11H2,1H3. The van der Waals surface area contributed by atoms with Crippen molar-refractivity contribution in [2.24, 2.45) is 0 Å². The van der Waals surface area contributed by atoms with E-state index in [0.29, 0.717) is 0 Å². The van der Waals surface area contributed by atoms with Crippen LogP contribution in [-0.2, 0) is 9.84 Å². The minimum Gasteiger partial charge on any atom is -0.495 e. The first-order valence-electron chi connectivity index (χ1n) is 3.85. The highest BCUT2D eigenvalue weighted by molar-refractivity contribution is 7.91. The molecular weight excluding hydrogens is 228 g/mol. The number of nitrogens with two attached hydrogens (primary N) is 1. The van der Waals surface area contributed by atoms with Gasteiger partial charge >= 0.3 is 5.76 Å². The van der Waals surface area contributed by atoms with Crippen LogP contribution in [0.25, 0.3) is 0 Å². The predicted octanol–water partition coefficient (Wildman–Crippen LogP) is 1.27. The van der Waals surface area contributed by atoms with Gasteiger partial charge in [0, 0.05) is 11.8 Å². The van der Waals surface area contributed by atoms with Crippen LogP contribution in [0.2, 0.25) is 0 Å². The van der Waals surface area contributed by atoms with Crippen LogP contribution >= 0.6 is 0 Å². The zero-order chi connectivity index (χ0) is 11.6. The summed E-state index contributed by atoms with van der Waals surface area (Å²) < 4.78 is 51.5. The molecule has 1 rings (SSSR count). The molecule has 0 aliphatic heterocycles. The van der Waals surface area contributed by atoms with Gasteiger partial charge in [0.25, 0.3) is 0 Å². The highest BCUT2D eigenvalue weighted by atomic mass is 32.2. The van der Waals surface area contributed by atoms with Crippen molar-refractivity contribution in [1.82, 2.24) is 0 Å². The van der Waals surface area contributed by atoms with E-state index in [9.17, 15) is 17.2 Å². The maximum absolute atomic E-state index is 12.2. The van der Waals surface area contributed by atoms with Crippen molar-refractivity contribution >= 4 is 15.5 Å². The van der Waals surface area contributed by atoms with Crippen LogP contribution in [0.3, 0.4) is 0 Å². The molecule has 0 heterocycles. The lowest BCUT2D eigenvalue weighted by Gasteiger charge is -2.09. The summed E-state index contributed by atoms with van der Waals surface area (Å²) in [6, 6.07) is 3.39. The van der Waals surface area contributed by atoms with Crippen LogP contribution in [0.4, 0.5) is 14.5 Å². The summed E-state index contributed by atoms with van der Waals surface area (Å²) in [5, 5.41) is 0. The van der Waals surface area contributed by atoms with Crippen LogP contribution < -0.4 is 10.5 Å². The normalized spacial score (nSPS) is 11.7. The molecule has 2 N–H and O–H groups in total. The summed E-state index contributed by atoms with van der Waals surface area (Å²) >= 11 is 0. The quantitative estimate of drug-likeness (QED) is 0.804. The summed E-state index contributed by atoms with van der Waals surface area (Å²) in [4.78, 5) is -0.561. The molecule has 0 aliphatic carbocycles. The van der Waals surface area contributed by atoms with Crippen LogP contribution in [0.15, 0.2) is 23.1 Å². The third-order valence-corrected chi connectivity index (χ3v) is 3.15. The van der Waals surface area contributed by atoms with Crippen LogP contribution in [0.1, 0.15) is 0 Å². The summed E-state index contributed by atoms with van der Waals surface area (Å²) in [6.07, 6.45) is 0. The number of hydrogen-bond acceptors (Lipinski definition) is 4. The number of nitrogen functional groups attached to an aromatic ring is 1. The molecule has 84 valence electrons. The van der Waals surface area contributed by atoms with E-state index in [-0.39, 0.29) is 11.4 Å². The molecule has 15 heavy (non-hydrogen) atoms. The maximum atomic E-state index is 12.2. The molecule has 0 amide bonds.